The van der Waals surface area contributed by atoms with Gasteiger partial charge in [-0.05, 0) is 18.6 Å². The first-order valence-corrected chi connectivity index (χ1v) is 6.23. The number of thiol groups is 1. The molecule has 0 N–H and O–H groups in total. The molecule has 92 valence electrons. The highest BCUT2D eigenvalue weighted by molar-refractivity contribution is 7.80. The fourth-order valence-electron chi connectivity index (χ4n) is 2.21. The van der Waals surface area contributed by atoms with E-state index in [1.807, 2.05) is 29.2 Å². The van der Waals surface area contributed by atoms with Crippen molar-refractivity contribution < 1.29 is 9.53 Å². The second-order valence-corrected chi connectivity index (χ2v) is 4.86. The van der Waals surface area contributed by atoms with Gasteiger partial charge in [0.05, 0.1) is 12.2 Å². The Morgan fingerprint density at radius 3 is 3.00 bits per heavy atom. The molecule has 1 aromatic rings. The second-order valence-electron chi connectivity index (χ2n) is 4.38. The highest BCUT2D eigenvalue weighted by atomic mass is 32.1. The Morgan fingerprint density at radius 2 is 2.29 bits per heavy atom. The van der Waals surface area contributed by atoms with E-state index in [2.05, 4.69) is 12.6 Å². The SMILES string of the molecule is COCC1CCN(C(=O)c2ccccc2S)C1. The molecule has 1 atom stereocenters. The third kappa shape index (κ3) is 2.82. The van der Waals surface area contributed by atoms with Crippen LogP contribution in [-0.4, -0.2) is 37.6 Å². The Morgan fingerprint density at radius 1 is 1.53 bits per heavy atom. The molecule has 1 aliphatic rings. The maximum atomic E-state index is 12.3. The molecular weight excluding hydrogens is 234 g/mol. The van der Waals surface area contributed by atoms with Gasteiger partial charge < -0.3 is 9.64 Å². The molecule has 1 unspecified atom stereocenters. The summed E-state index contributed by atoms with van der Waals surface area (Å²) in [5, 5.41) is 0. The molecule has 0 radical (unpaired) electrons. The minimum absolute atomic E-state index is 0.0780. The Hall–Kier alpha value is -1.00. The molecule has 17 heavy (non-hydrogen) atoms. The molecule has 1 saturated heterocycles. The van der Waals surface area contributed by atoms with E-state index in [9.17, 15) is 4.79 Å². The van der Waals surface area contributed by atoms with Gasteiger partial charge in [-0.3, -0.25) is 4.79 Å². The average molecular weight is 251 g/mol. The molecule has 0 aromatic heterocycles. The van der Waals surface area contributed by atoms with Gasteiger partial charge in [-0.15, -0.1) is 12.6 Å². The third-order valence-electron chi connectivity index (χ3n) is 3.11. The standard InChI is InChI=1S/C13H17NO2S/c1-16-9-10-6-7-14(8-10)13(15)11-4-2-3-5-12(11)17/h2-5,10,17H,6-9H2,1H3. The molecule has 0 bridgehead atoms. The first-order valence-electron chi connectivity index (χ1n) is 5.78. The van der Waals surface area contributed by atoms with Crippen LogP contribution in [-0.2, 0) is 4.74 Å². The minimum Gasteiger partial charge on any atom is -0.384 e. The third-order valence-corrected chi connectivity index (χ3v) is 3.50. The van der Waals surface area contributed by atoms with E-state index in [0.29, 0.717) is 11.5 Å². The quantitative estimate of drug-likeness (QED) is 0.834. The van der Waals surface area contributed by atoms with Crippen LogP contribution in [0.3, 0.4) is 0 Å². The predicted molar refractivity (Wildman–Crippen MR) is 69.6 cm³/mol. The zero-order valence-corrected chi connectivity index (χ0v) is 10.8. The van der Waals surface area contributed by atoms with Crippen LogP contribution in [0.25, 0.3) is 0 Å². The van der Waals surface area contributed by atoms with Crippen LogP contribution in [0.2, 0.25) is 0 Å². The predicted octanol–water partition coefficient (Wildman–Crippen LogP) is 2.08. The lowest BCUT2D eigenvalue weighted by molar-refractivity contribution is 0.0772. The molecule has 1 aliphatic heterocycles. The average Bonchev–Trinajstić information content (AvgIpc) is 2.78. The van der Waals surface area contributed by atoms with Crippen LogP contribution >= 0.6 is 12.6 Å². The number of methoxy groups -OCH3 is 1. The van der Waals surface area contributed by atoms with Crippen LogP contribution in [0.15, 0.2) is 29.2 Å². The Kier molecular flexibility index (Phi) is 4.07. The number of carbonyl (C=O) groups is 1. The summed E-state index contributed by atoms with van der Waals surface area (Å²) in [6.07, 6.45) is 1.02. The van der Waals surface area contributed by atoms with Crippen LogP contribution in [0.4, 0.5) is 0 Å². The summed E-state index contributed by atoms with van der Waals surface area (Å²) in [4.78, 5) is 14.9. The Balaban J connectivity index is 2.05. The number of likely N-dealkylation sites (tertiary alicyclic amines) is 1. The summed E-state index contributed by atoms with van der Waals surface area (Å²) in [5.41, 5.74) is 0.689. The maximum Gasteiger partial charge on any atom is 0.254 e. The number of hydrogen-bond acceptors (Lipinski definition) is 3. The smallest absolute Gasteiger partial charge is 0.254 e. The molecule has 0 aliphatic carbocycles. The van der Waals surface area contributed by atoms with Crippen molar-refractivity contribution in [2.75, 3.05) is 26.8 Å². The van der Waals surface area contributed by atoms with E-state index in [0.717, 1.165) is 31.0 Å². The molecule has 1 amide bonds. The Labute approximate surface area is 107 Å². The molecule has 1 heterocycles. The van der Waals surface area contributed by atoms with Crippen molar-refractivity contribution in [1.29, 1.82) is 0 Å². The summed E-state index contributed by atoms with van der Waals surface area (Å²) in [7, 11) is 1.70. The highest BCUT2D eigenvalue weighted by Gasteiger charge is 2.27. The summed E-state index contributed by atoms with van der Waals surface area (Å²) < 4.78 is 5.13. The number of nitrogens with zero attached hydrogens (tertiary/aromatic N) is 1. The molecular formula is C13H17NO2S. The van der Waals surface area contributed by atoms with Crippen molar-refractivity contribution in [3.63, 3.8) is 0 Å². The van der Waals surface area contributed by atoms with E-state index in [1.54, 1.807) is 7.11 Å². The zero-order chi connectivity index (χ0) is 12.3. The normalized spacial score (nSPS) is 19.6. The van der Waals surface area contributed by atoms with Crippen LogP contribution in [0, 0.1) is 5.92 Å². The van der Waals surface area contributed by atoms with Crippen molar-refractivity contribution in [2.24, 2.45) is 5.92 Å². The van der Waals surface area contributed by atoms with Crippen LogP contribution in [0.1, 0.15) is 16.8 Å². The number of benzene rings is 1. The number of hydrogen-bond donors (Lipinski definition) is 1. The fourth-order valence-corrected chi connectivity index (χ4v) is 2.47. The monoisotopic (exact) mass is 251 g/mol. The lowest BCUT2D eigenvalue weighted by atomic mass is 10.1. The van der Waals surface area contributed by atoms with Gasteiger partial charge in [0.1, 0.15) is 0 Å². The first-order chi connectivity index (χ1) is 8.22. The van der Waals surface area contributed by atoms with Crippen molar-refractivity contribution in [3.8, 4) is 0 Å². The van der Waals surface area contributed by atoms with Gasteiger partial charge in [0.2, 0.25) is 0 Å². The van der Waals surface area contributed by atoms with Crippen LogP contribution < -0.4 is 0 Å². The maximum absolute atomic E-state index is 12.3. The lowest BCUT2D eigenvalue weighted by Gasteiger charge is -2.17. The topological polar surface area (TPSA) is 29.5 Å². The van der Waals surface area contributed by atoms with Crippen molar-refractivity contribution >= 4 is 18.5 Å². The number of amides is 1. The van der Waals surface area contributed by atoms with E-state index >= 15 is 0 Å². The summed E-state index contributed by atoms with van der Waals surface area (Å²) in [6.45, 7) is 2.33. The fraction of sp³-hybridized carbons (Fsp3) is 0.462. The van der Waals surface area contributed by atoms with Gasteiger partial charge in [0.25, 0.3) is 5.91 Å². The molecule has 1 fully saturated rings. The summed E-state index contributed by atoms with van der Waals surface area (Å²) in [6, 6.07) is 7.43. The first kappa shape index (κ1) is 12.5. The molecule has 4 heteroatoms. The van der Waals surface area contributed by atoms with Gasteiger partial charge in [0.15, 0.2) is 0 Å². The molecule has 2 rings (SSSR count). The summed E-state index contributed by atoms with van der Waals surface area (Å²) in [5.74, 6) is 0.547. The number of carbonyl (C=O) groups excluding carboxylic acids is 1. The summed E-state index contributed by atoms with van der Waals surface area (Å²) >= 11 is 4.32. The van der Waals surface area contributed by atoms with Gasteiger partial charge in [-0.2, -0.15) is 0 Å². The number of rotatable bonds is 3. The number of ether oxygens (including phenoxy) is 1. The minimum atomic E-state index is 0.0780. The van der Waals surface area contributed by atoms with E-state index in [4.69, 9.17) is 4.74 Å². The lowest BCUT2D eigenvalue weighted by Crippen LogP contribution is -2.29. The molecule has 0 saturated carbocycles. The van der Waals surface area contributed by atoms with Gasteiger partial charge >= 0.3 is 0 Å². The van der Waals surface area contributed by atoms with Crippen molar-refractivity contribution in [1.82, 2.24) is 4.90 Å². The Bertz CT molecular complexity index is 408. The van der Waals surface area contributed by atoms with Gasteiger partial charge in [-0.25, -0.2) is 0 Å². The molecule has 1 aromatic carbocycles. The van der Waals surface area contributed by atoms with E-state index < -0.39 is 0 Å². The van der Waals surface area contributed by atoms with Crippen molar-refractivity contribution in [3.05, 3.63) is 29.8 Å². The molecule has 3 nitrogen and oxygen atoms in total. The van der Waals surface area contributed by atoms with E-state index in [1.165, 1.54) is 0 Å². The van der Waals surface area contributed by atoms with Crippen molar-refractivity contribution in [2.45, 2.75) is 11.3 Å². The van der Waals surface area contributed by atoms with Crippen LogP contribution in [0.5, 0.6) is 0 Å². The molecule has 0 spiro atoms. The van der Waals surface area contributed by atoms with E-state index in [-0.39, 0.29) is 5.91 Å². The second kappa shape index (κ2) is 5.56. The van der Waals surface area contributed by atoms with Gasteiger partial charge in [0, 0.05) is 31.0 Å². The highest BCUT2D eigenvalue weighted by Crippen LogP contribution is 2.21. The largest absolute Gasteiger partial charge is 0.384 e. The van der Waals surface area contributed by atoms with Gasteiger partial charge in [-0.1, -0.05) is 12.1 Å². The zero-order valence-electron chi connectivity index (χ0n) is 9.93.